The molecule has 0 aliphatic carbocycles. The summed E-state index contributed by atoms with van der Waals surface area (Å²) in [6, 6.07) is 22.9. The molecule has 5 rings (SSSR count). The van der Waals surface area contributed by atoms with Gasteiger partial charge in [-0.2, -0.15) is 0 Å². The monoisotopic (exact) mass is 512 g/mol. The van der Waals surface area contributed by atoms with Crippen molar-refractivity contribution < 1.29 is 19.1 Å². The van der Waals surface area contributed by atoms with Gasteiger partial charge in [-0.1, -0.05) is 42.0 Å². The van der Waals surface area contributed by atoms with E-state index in [9.17, 15) is 14.4 Å². The van der Waals surface area contributed by atoms with Crippen LogP contribution in [0.25, 0.3) is 21.7 Å². The second kappa shape index (κ2) is 9.98. The number of aryl methyl sites for hydroxylation is 4. The van der Waals surface area contributed by atoms with Crippen molar-refractivity contribution in [1.29, 1.82) is 0 Å². The van der Waals surface area contributed by atoms with Gasteiger partial charge in [0.1, 0.15) is 12.4 Å². The van der Waals surface area contributed by atoms with Crippen molar-refractivity contribution in [3.05, 3.63) is 107 Å². The zero-order valence-corrected chi connectivity index (χ0v) is 21.7. The van der Waals surface area contributed by atoms with Crippen molar-refractivity contribution >= 4 is 40.3 Å². The quantitative estimate of drug-likeness (QED) is 0.146. The molecule has 1 aromatic heterocycles. The minimum absolute atomic E-state index is 0.00546. The second-order valence-corrected chi connectivity index (χ2v) is 11.1. The molecule has 0 unspecified atom stereocenters. The van der Waals surface area contributed by atoms with Gasteiger partial charge in [0.15, 0.2) is 0 Å². The fraction of sp³-hybridized carbons (Fsp3) is 0.167. The number of aromatic nitrogens is 1. The van der Waals surface area contributed by atoms with E-state index in [1.54, 1.807) is 12.1 Å². The van der Waals surface area contributed by atoms with Gasteiger partial charge in [0.05, 0.1) is 16.5 Å². The molecule has 0 amide bonds. The Kier molecular flexibility index (Phi) is 6.74. The van der Waals surface area contributed by atoms with Crippen LogP contribution in [0.1, 0.15) is 27.8 Å². The van der Waals surface area contributed by atoms with Crippen LogP contribution in [-0.4, -0.2) is 14.8 Å². The molecule has 188 valence electrons. The second-order valence-electron chi connectivity index (χ2n) is 9.52. The van der Waals surface area contributed by atoms with Crippen molar-refractivity contribution in [3.8, 4) is 5.75 Å². The molecule has 7 heteroatoms. The third-order valence-electron chi connectivity index (χ3n) is 6.68. The molecule has 0 aliphatic rings. The average Bonchev–Trinajstić information content (AvgIpc) is 2.86. The maximum absolute atomic E-state index is 11.5. The van der Waals surface area contributed by atoms with Crippen molar-refractivity contribution in [2.45, 2.75) is 33.3 Å². The molecule has 5 aromatic rings. The topological polar surface area (TPSA) is 106 Å². The summed E-state index contributed by atoms with van der Waals surface area (Å²) in [6.07, 6.45) is 3.63. The number of hydrogen-bond donors (Lipinski definition) is 3. The molecule has 4 N–H and O–H groups in total. The van der Waals surface area contributed by atoms with E-state index in [1.807, 2.05) is 24.4 Å². The lowest BCUT2D eigenvalue weighted by Crippen LogP contribution is -2.06. The van der Waals surface area contributed by atoms with E-state index in [1.165, 1.54) is 23.3 Å². The number of fused-ring (bicyclic) bond motifs is 3. The number of ether oxygens (including phenoxy) is 1. The van der Waals surface area contributed by atoms with Gasteiger partial charge in [0.25, 0.3) is 0 Å². The van der Waals surface area contributed by atoms with E-state index in [2.05, 4.69) is 49.2 Å². The smallest absolute Gasteiger partial charge is 0.356 e. The first-order valence-corrected chi connectivity index (χ1v) is 13.7. The first-order chi connectivity index (χ1) is 17.7. The van der Waals surface area contributed by atoms with E-state index in [0.717, 1.165) is 45.6 Å². The molecule has 0 fully saturated rings. The number of pyridine rings is 1. The van der Waals surface area contributed by atoms with Crippen LogP contribution in [0, 0.1) is 13.8 Å². The molecular formula is C30H29N2O4P. The molecule has 0 bridgehead atoms. The Labute approximate surface area is 215 Å². The van der Waals surface area contributed by atoms with E-state index in [4.69, 9.17) is 10.5 Å². The summed E-state index contributed by atoms with van der Waals surface area (Å²) in [5, 5.41) is 3.36. The minimum atomic E-state index is -4.29. The van der Waals surface area contributed by atoms with Gasteiger partial charge in [-0.25, -0.2) is 0 Å². The fourth-order valence-electron chi connectivity index (χ4n) is 4.67. The lowest BCUT2D eigenvalue weighted by Gasteiger charge is -2.12. The molecular weight excluding hydrogens is 483 g/mol. The first-order valence-electron chi connectivity index (χ1n) is 12.1. The third-order valence-corrected chi connectivity index (χ3v) is 7.63. The molecule has 0 saturated heterocycles. The lowest BCUT2D eigenvalue weighted by atomic mass is 9.98. The Morgan fingerprint density at radius 3 is 2.51 bits per heavy atom. The summed E-state index contributed by atoms with van der Waals surface area (Å²) in [7, 11) is -4.29. The van der Waals surface area contributed by atoms with Gasteiger partial charge in [-0.15, -0.1) is 0 Å². The standard InChI is InChI=1S/C30H29N2O4P/c1-19-6-11-27-24(12-19)16-29(31)30-28(27)15-21(17-32-30)7-8-23-9-10-25(13-20(23)2)36-18-22-4-3-5-26(14-22)37(33,34)35/h3-6,9-17H,7-8,18,31H2,1-2H3,(H2,33,34,35). The molecule has 6 nitrogen and oxygen atoms in total. The Morgan fingerprint density at radius 1 is 0.892 bits per heavy atom. The van der Waals surface area contributed by atoms with Gasteiger partial charge in [0.2, 0.25) is 0 Å². The van der Waals surface area contributed by atoms with E-state index in [0.29, 0.717) is 17.0 Å². The Morgan fingerprint density at radius 2 is 1.73 bits per heavy atom. The van der Waals surface area contributed by atoms with Crippen molar-refractivity contribution in [1.82, 2.24) is 4.98 Å². The number of nitrogens with two attached hydrogens (primary N) is 1. The van der Waals surface area contributed by atoms with Crippen molar-refractivity contribution in [3.63, 3.8) is 0 Å². The van der Waals surface area contributed by atoms with Gasteiger partial charge < -0.3 is 20.3 Å². The maximum atomic E-state index is 11.5. The van der Waals surface area contributed by atoms with Crippen molar-refractivity contribution in [2.75, 3.05) is 5.73 Å². The fourth-order valence-corrected chi connectivity index (χ4v) is 5.29. The van der Waals surface area contributed by atoms with Crippen LogP contribution in [0.4, 0.5) is 5.69 Å². The molecule has 0 atom stereocenters. The number of nitrogens with zero attached hydrogens (tertiary/aromatic N) is 1. The molecule has 0 saturated carbocycles. The summed E-state index contributed by atoms with van der Waals surface area (Å²) < 4.78 is 17.4. The van der Waals surface area contributed by atoms with E-state index in [-0.39, 0.29) is 11.9 Å². The Hall–Kier alpha value is -3.70. The number of anilines is 1. The number of hydrogen-bond acceptors (Lipinski definition) is 4. The van der Waals surface area contributed by atoms with Crippen LogP contribution in [0.5, 0.6) is 5.75 Å². The van der Waals surface area contributed by atoms with Gasteiger partial charge in [0, 0.05) is 11.6 Å². The summed E-state index contributed by atoms with van der Waals surface area (Å²) in [4.78, 5) is 23.4. The molecule has 0 aliphatic heterocycles. The summed E-state index contributed by atoms with van der Waals surface area (Å²) in [5.41, 5.74) is 13.2. The zero-order valence-electron chi connectivity index (χ0n) is 20.8. The molecule has 0 radical (unpaired) electrons. The van der Waals surface area contributed by atoms with Gasteiger partial charge >= 0.3 is 7.60 Å². The number of rotatable bonds is 7. The predicted molar refractivity (Wildman–Crippen MR) is 149 cm³/mol. The zero-order chi connectivity index (χ0) is 26.2. The summed E-state index contributed by atoms with van der Waals surface area (Å²) in [6.45, 7) is 4.37. The number of benzene rings is 4. The van der Waals surface area contributed by atoms with Gasteiger partial charge in [-0.05, 0) is 96.1 Å². The highest BCUT2D eigenvalue weighted by molar-refractivity contribution is 7.60. The summed E-state index contributed by atoms with van der Waals surface area (Å²) in [5.74, 6) is 0.715. The normalized spacial score (nSPS) is 11.8. The van der Waals surface area contributed by atoms with Crippen molar-refractivity contribution in [2.24, 2.45) is 0 Å². The highest BCUT2D eigenvalue weighted by Gasteiger charge is 2.17. The Balaban J connectivity index is 1.29. The predicted octanol–water partition coefficient (Wildman–Crippen LogP) is 5.75. The van der Waals surface area contributed by atoms with Crippen LogP contribution in [0.2, 0.25) is 0 Å². The highest BCUT2D eigenvalue weighted by Crippen LogP contribution is 2.33. The minimum Gasteiger partial charge on any atom is -0.489 e. The average molecular weight is 513 g/mol. The molecule has 37 heavy (non-hydrogen) atoms. The number of nitrogen functional groups attached to an aromatic ring is 1. The van der Waals surface area contributed by atoms with E-state index < -0.39 is 7.60 Å². The maximum Gasteiger partial charge on any atom is 0.356 e. The summed E-state index contributed by atoms with van der Waals surface area (Å²) >= 11 is 0. The van der Waals surface area contributed by atoms with Crippen LogP contribution in [-0.2, 0) is 24.0 Å². The first kappa shape index (κ1) is 25.0. The molecule has 4 aromatic carbocycles. The van der Waals surface area contributed by atoms with Crippen LogP contribution in [0.3, 0.4) is 0 Å². The largest absolute Gasteiger partial charge is 0.489 e. The lowest BCUT2D eigenvalue weighted by molar-refractivity contribution is 0.306. The van der Waals surface area contributed by atoms with Crippen LogP contribution >= 0.6 is 7.60 Å². The van der Waals surface area contributed by atoms with Crippen LogP contribution in [0.15, 0.2) is 79.0 Å². The Bertz CT molecular complexity index is 1680. The molecule has 0 spiro atoms. The molecule has 1 heterocycles. The van der Waals surface area contributed by atoms with Crippen LogP contribution < -0.4 is 15.8 Å². The van der Waals surface area contributed by atoms with E-state index >= 15 is 0 Å². The third kappa shape index (κ3) is 5.52. The SMILES string of the molecule is Cc1ccc2c(c1)cc(N)c1ncc(CCc3ccc(OCc4cccc(P(=O)(O)O)c4)cc3C)cc12. The van der Waals surface area contributed by atoms with Gasteiger partial charge in [-0.3, -0.25) is 9.55 Å². The highest BCUT2D eigenvalue weighted by atomic mass is 31.2.